The number of nitrogens with one attached hydrogen (secondary N) is 2. The minimum absolute atomic E-state index is 0.204. The van der Waals surface area contributed by atoms with Gasteiger partial charge in [0.05, 0.1) is 6.61 Å². The van der Waals surface area contributed by atoms with E-state index in [1.165, 1.54) is 18.4 Å². The first-order chi connectivity index (χ1) is 10.4. The van der Waals surface area contributed by atoms with Crippen LogP contribution in [0.1, 0.15) is 59.4 Å². The van der Waals surface area contributed by atoms with Gasteiger partial charge in [0.25, 0.3) is 0 Å². The van der Waals surface area contributed by atoms with Crippen LogP contribution in [0.15, 0.2) is 24.3 Å². The van der Waals surface area contributed by atoms with Crippen molar-refractivity contribution in [2.45, 2.75) is 71.4 Å². The van der Waals surface area contributed by atoms with Crippen molar-refractivity contribution in [1.82, 2.24) is 10.9 Å². The molecule has 0 radical (unpaired) electrons. The van der Waals surface area contributed by atoms with Crippen molar-refractivity contribution in [1.29, 1.82) is 0 Å². The van der Waals surface area contributed by atoms with Gasteiger partial charge in [0.15, 0.2) is 0 Å². The second-order valence-electron chi connectivity index (χ2n) is 7.65. The molecule has 2 rings (SSSR count). The van der Waals surface area contributed by atoms with Crippen molar-refractivity contribution in [2.24, 2.45) is 5.92 Å². The second kappa shape index (κ2) is 7.47. The van der Waals surface area contributed by atoms with Gasteiger partial charge in [-0.2, -0.15) is 0 Å². The predicted molar refractivity (Wildman–Crippen MR) is 93.2 cm³/mol. The van der Waals surface area contributed by atoms with Gasteiger partial charge >= 0.3 is 0 Å². The summed E-state index contributed by atoms with van der Waals surface area (Å²) in [5.74, 6) is 1.71. The number of benzene rings is 1. The third-order valence-electron chi connectivity index (χ3n) is 4.74. The molecule has 0 aliphatic carbocycles. The number of ether oxygens (including phenoxy) is 1. The van der Waals surface area contributed by atoms with E-state index in [4.69, 9.17) is 4.74 Å². The Balaban J connectivity index is 1.66. The quantitative estimate of drug-likeness (QED) is 0.778. The molecule has 3 heteroatoms. The third kappa shape index (κ3) is 4.72. The number of rotatable bonds is 6. The largest absolute Gasteiger partial charge is 0.494 e. The summed E-state index contributed by atoms with van der Waals surface area (Å²) in [6.07, 6.45) is 3.61. The average Bonchev–Trinajstić information content (AvgIpc) is 2.78. The van der Waals surface area contributed by atoms with Gasteiger partial charge in [-0.1, -0.05) is 32.9 Å². The summed E-state index contributed by atoms with van der Waals surface area (Å²) in [6.45, 7) is 12.0. The zero-order valence-electron chi connectivity index (χ0n) is 14.8. The summed E-state index contributed by atoms with van der Waals surface area (Å²) in [5, 5.41) is 0. The van der Waals surface area contributed by atoms with Gasteiger partial charge in [0.1, 0.15) is 5.75 Å². The third-order valence-corrected chi connectivity index (χ3v) is 4.74. The molecule has 2 atom stereocenters. The molecule has 3 nitrogen and oxygen atoms in total. The molecule has 0 spiro atoms. The van der Waals surface area contributed by atoms with Gasteiger partial charge in [-0.15, -0.1) is 0 Å². The molecule has 0 saturated carbocycles. The van der Waals surface area contributed by atoms with Crippen molar-refractivity contribution >= 4 is 0 Å². The van der Waals surface area contributed by atoms with Crippen LogP contribution in [0.3, 0.4) is 0 Å². The first kappa shape index (κ1) is 17.3. The smallest absolute Gasteiger partial charge is 0.119 e. The molecule has 22 heavy (non-hydrogen) atoms. The van der Waals surface area contributed by atoms with Crippen LogP contribution in [-0.4, -0.2) is 18.7 Å². The minimum Gasteiger partial charge on any atom is -0.494 e. The minimum atomic E-state index is 0.204. The van der Waals surface area contributed by atoms with E-state index in [2.05, 4.69) is 69.7 Å². The SMILES string of the molecule is CC1NNC(C)C1CCCCOc1ccc(C(C)(C)C)cc1. The van der Waals surface area contributed by atoms with Crippen LogP contribution in [0, 0.1) is 5.92 Å². The summed E-state index contributed by atoms with van der Waals surface area (Å²) in [4.78, 5) is 0. The highest BCUT2D eigenvalue weighted by atomic mass is 16.5. The Bertz CT molecular complexity index is 439. The highest BCUT2D eigenvalue weighted by Gasteiger charge is 2.28. The van der Waals surface area contributed by atoms with Crippen molar-refractivity contribution < 1.29 is 4.74 Å². The molecule has 1 aromatic rings. The van der Waals surface area contributed by atoms with Crippen LogP contribution in [-0.2, 0) is 5.41 Å². The maximum atomic E-state index is 5.86. The van der Waals surface area contributed by atoms with E-state index < -0.39 is 0 Å². The standard InChI is InChI=1S/C19H32N2O/c1-14-18(15(2)21-20-14)8-6-7-13-22-17-11-9-16(10-12-17)19(3,4)5/h9-12,14-15,18,20-21H,6-8,13H2,1-5H3. The summed E-state index contributed by atoms with van der Waals surface area (Å²) in [6, 6.07) is 9.68. The van der Waals surface area contributed by atoms with Crippen LogP contribution in [0.5, 0.6) is 5.75 Å². The highest BCUT2D eigenvalue weighted by Crippen LogP contribution is 2.24. The number of hydrazine groups is 1. The van der Waals surface area contributed by atoms with Gasteiger partial charge in [0, 0.05) is 12.1 Å². The zero-order chi connectivity index (χ0) is 16.2. The number of hydrogen-bond donors (Lipinski definition) is 2. The van der Waals surface area contributed by atoms with E-state index >= 15 is 0 Å². The summed E-state index contributed by atoms with van der Waals surface area (Å²) in [7, 11) is 0. The normalized spacial score (nSPS) is 25.4. The van der Waals surface area contributed by atoms with Crippen LogP contribution in [0.2, 0.25) is 0 Å². The monoisotopic (exact) mass is 304 g/mol. The maximum absolute atomic E-state index is 5.86. The molecule has 124 valence electrons. The van der Waals surface area contributed by atoms with Crippen LogP contribution < -0.4 is 15.6 Å². The Kier molecular flexibility index (Phi) is 5.87. The van der Waals surface area contributed by atoms with Crippen molar-refractivity contribution in [3.05, 3.63) is 29.8 Å². The van der Waals surface area contributed by atoms with E-state index in [1.54, 1.807) is 0 Å². The lowest BCUT2D eigenvalue weighted by molar-refractivity contribution is 0.294. The molecule has 2 N–H and O–H groups in total. The fourth-order valence-corrected chi connectivity index (χ4v) is 3.13. The molecule has 0 aromatic heterocycles. The topological polar surface area (TPSA) is 33.3 Å². The molecule has 1 fully saturated rings. The number of unbranched alkanes of at least 4 members (excludes halogenated alkanes) is 1. The molecule has 1 aliphatic rings. The molecular formula is C19H32N2O. The molecule has 1 aliphatic heterocycles. The van der Waals surface area contributed by atoms with Crippen LogP contribution in [0.25, 0.3) is 0 Å². The highest BCUT2D eigenvalue weighted by molar-refractivity contribution is 5.31. The second-order valence-corrected chi connectivity index (χ2v) is 7.65. The van der Waals surface area contributed by atoms with Crippen LogP contribution in [0.4, 0.5) is 0 Å². The maximum Gasteiger partial charge on any atom is 0.119 e. The van der Waals surface area contributed by atoms with E-state index in [-0.39, 0.29) is 5.41 Å². The van der Waals surface area contributed by atoms with Gasteiger partial charge in [-0.25, -0.2) is 0 Å². The molecule has 0 bridgehead atoms. The van der Waals surface area contributed by atoms with Gasteiger partial charge in [-0.05, 0) is 62.1 Å². The summed E-state index contributed by atoms with van der Waals surface area (Å²) < 4.78 is 5.86. The van der Waals surface area contributed by atoms with E-state index in [9.17, 15) is 0 Å². The molecule has 2 unspecified atom stereocenters. The molecule has 1 heterocycles. The van der Waals surface area contributed by atoms with Gasteiger partial charge in [-0.3, -0.25) is 10.9 Å². The molecule has 0 amide bonds. The lowest BCUT2D eigenvalue weighted by Gasteiger charge is -2.19. The Morgan fingerprint density at radius 3 is 2.09 bits per heavy atom. The first-order valence-corrected chi connectivity index (χ1v) is 8.62. The lowest BCUT2D eigenvalue weighted by Crippen LogP contribution is -2.30. The van der Waals surface area contributed by atoms with Crippen molar-refractivity contribution in [2.75, 3.05) is 6.61 Å². The fraction of sp³-hybridized carbons (Fsp3) is 0.684. The van der Waals surface area contributed by atoms with E-state index in [1.807, 2.05) is 0 Å². The van der Waals surface area contributed by atoms with E-state index in [0.717, 1.165) is 24.7 Å². The molecule has 1 aromatic carbocycles. The van der Waals surface area contributed by atoms with Gasteiger partial charge < -0.3 is 4.74 Å². The number of hydrogen-bond acceptors (Lipinski definition) is 3. The molecule has 1 saturated heterocycles. The Morgan fingerprint density at radius 2 is 1.55 bits per heavy atom. The predicted octanol–water partition coefficient (Wildman–Crippen LogP) is 4.03. The van der Waals surface area contributed by atoms with Gasteiger partial charge in [0.2, 0.25) is 0 Å². The summed E-state index contributed by atoms with van der Waals surface area (Å²) >= 11 is 0. The Morgan fingerprint density at radius 1 is 0.955 bits per heavy atom. The summed E-state index contributed by atoms with van der Waals surface area (Å²) in [5.41, 5.74) is 8.20. The fourth-order valence-electron chi connectivity index (χ4n) is 3.13. The van der Waals surface area contributed by atoms with E-state index in [0.29, 0.717) is 12.1 Å². The van der Waals surface area contributed by atoms with Crippen molar-refractivity contribution in [3.63, 3.8) is 0 Å². The lowest BCUT2D eigenvalue weighted by atomic mass is 9.87. The zero-order valence-corrected chi connectivity index (χ0v) is 14.8. The Labute approximate surface area is 135 Å². The molecular weight excluding hydrogens is 272 g/mol. The van der Waals surface area contributed by atoms with Crippen molar-refractivity contribution in [3.8, 4) is 5.75 Å². The van der Waals surface area contributed by atoms with Crippen LogP contribution >= 0.6 is 0 Å². The average molecular weight is 304 g/mol. The Hall–Kier alpha value is -1.06. The first-order valence-electron chi connectivity index (χ1n) is 8.62.